The van der Waals surface area contributed by atoms with E-state index in [9.17, 15) is 0 Å². The van der Waals surface area contributed by atoms with Crippen LogP contribution in [0.1, 0.15) is 33.1 Å². The third kappa shape index (κ3) is 6.38. The van der Waals surface area contributed by atoms with Crippen LogP contribution in [0.4, 0.5) is 0 Å². The molecule has 3 aromatic carbocycles. The Labute approximate surface area is 223 Å². The highest BCUT2D eigenvalue weighted by Gasteiger charge is 2.18. The Hall–Kier alpha value is -3.22. The smallest absolute Gasteiger partial charge is 0.153 e. The molecule has 4 aromatic rings. The number of nitrogens with zero attached hydrogens (tertiary/aromatic N) is 1. The Kier molecular flexibility index (Phi) is 8.17. The molecule has 1 aliphatic heterocycles. The summed E-state index contributed by atoms with van der Waals surface area (Å²) in [6, 6.07) is 22.2. The van der Waals surface area contributed by atoms with E-state index in [0.29, 0.717) is 6.61 Å². The Morgan fingerprint density at radius 1 is 0.811 bits per heavy atom. The Balaban J connectivity index is 1.35. The van der Waals surface area contributed by atoms with E-state index in [1.807, 2.05) is 56.3 Å². The molecular weight excluding hydrogens is 482 g/mol. The zero-order valence-corrected chi connectivity index (χ0v) is 22.7. The van der Waals surface area contributed by atoms with Gasteiger partial charge in [-0.25, -0.2) is 0 Å². The molecule has 1 aliphatic rings. The van der Waals surface area contributed by atoms with E-state index >= 15 is 0 Å². The van der Waals surface area contributed by atoms with E-state index in [2.05, 4.69) is 29.2 Å². The van der Waals surface area contributed by atoms with Crippen molar-refractivity contribution in [2.45, 2.75) is 39.2 Å². The predicted octanol–water partition coefficient (Wildman–Crippen LogP) is 8.02. The molecule has 0 atom stereocenters. The van der Waals surface area contributed by atoms with Crippen molar-refractivity contribution in [3.05, 3.63) is 66.7 Å². The number of benzene rings is 3. The number of thiophene rings is 1. The molecule has 1 aromatic heterocycles. The van der Waals surface area contributed by atoms with Crippen molar-refractivity contribution in [3.8, 4) is 39.2 Å². The van der Waals surface area contributed by atoms with Crippen LogP contribution in [-0.2, 0) is 0 Å². The molecule has 1 saturated heterocycles. The SMILES string of the molecule is COc1ccc2c(Oc3ccc(OCCN4CCCCC4)cc3)c(-c3ccc(OC(C)C)cc3)sc2c1. The minimum Gasteiger partial charge on any atom is -0.497 e. The lowest BCUT2D eigenvalue weighted by Crippen LogP contribution is -2.33. The molecule has 1 fully saturated rings. The van der Waals surface area contributed by atoms with E-state index < -0.39 is 0 Å². The van der Waals surface area contributed by atoms with Crippen molar-refractivity contribution >= 4 is 21.4 Å². The summed E-state index contributed by atoms with van der Waals surface area (Å²) < 4.78 is 24.9. The summed E-state index contributed by atoms with van der Waals surface area (Å²) in [6.07, 6.45) is 4.09. The van der Waals surface area contributed by atoms with Crippen LogP contribution < -0.4 is 18.9 Å². The quantitative estimate of drug-likeness (QED) is 0.213. The third-order valence-corrected chi connectivity index (χ3v) is 7.69. The molecule has 0 N–H and O–H groups in total. The van der Waals surface area contributed by atoms with Gasteiger partial charge in [0.25, 0.3) is 0 Å². The molecule has 0 radical (unpaired) electrons. The number of hydrogen-bond acceptors (Lipinski definition) is 6. The second kappa shape index (κ2) is 11.9. The second-order valence-corrected chi connectivity index (χ2v) is 10.7. The van der Waals surface area contributed by atoms with Gasteiger partial charge in [-0.15, -0.1) is 11.3 Å². The van der Waals surface area contributed by atoms with Crippen LogP contribution in [0.2, 0.25) is 0 Å². The number of fused-ring (bicyclic) bond motifs is 1. The molecule has 194 valence electrons. The first-order chi connectivity index (χ1) is 18.1. The number of rotatable bonds is 10. The summed E-state index contributed by atoms with van der Waals surface area (Å²) in [4.78, 5) is 3.56. The van der Waals surface area contributed by atoms with Crippen molar-refractivity contribution in [2.75, 3.05) is 33.4 Å². The maximum absolute atomic E-state index is 6.51. The van der Waals surface area contributed by atoms with Gasteiger partial charge in [0.15, 0.2) is 5.75 Å². The first-order valence-corrected chi connectivity index (χ1v) is 13.9. The minimum atomic E-state index is 0.137. The van der Waals surface area contributed by atoms with Gasteiger partial charge in [0.1, 0.15) is 29.6 Å². The fourth-order valence-corrected chi connectivity index (χ4v) is 5.79. The first-order valence-electron chi connectivity index (χ1n) is 13.1. The fraction of sp³-hybridized carbons (Fsp3) is 0.355. The van der Waals surface area contributed by atoms with Crippen molar-refractivity contribution in [1.29, 1.82) is 0 Å². The molecular formula is C31H35NO4S. The zero-order chi connectivity index (χ0) is 25.6. The van der Waals surface area contributed by atoms with Crippen LogP contribution >= 0.6 is 11.3 Å². The highest BCUT2D eigenvalue weighted by atomic mass is 32.1. The number of likely N-dealkylation sites (tertiary alicyclic amines) is 1. The highest BCUT2D eigenvalue weighted by Crippen LogP contribution is 2.47. The van der Waals surface area contributed by atoms with Crippen molar-refractivity contribution in [2.24, 2.45) is 0 Å². The summed E-state index contributed by atoms with van der Waals surface area (Å²) in [7, 11) is 1.69. The maximum Gasteiger partial charge on any atom is 0.153 e. The van der Waals surface area contributed by atoms with E-state index in [-0.39, 0.29) is 6.10 Å². The van der Waals surface area contributed by atoms with Gasteiger partial charge in [-0.05, 0) is 112 Å². The normalized spacial score (nSPS) is 14.2. The van der Waals surface area contributed by atoms with Crippen LogP contribution in [0.15, 0.2) is 66.7 Å². The summed E-state index contributed by atoms with van der Waals surface area (Å²) in [5.74, 6) is 4.18. The zero-order valence-electron chi connectivity index (χ0n) is 21.9. The molecule has 0 saturated carbocycles. The topological polar surface area (TPSA) is 40.2 Å². The average molecular weight is 518 g/mol. The molecule has 6 heteroatoms. The third-order valence-electron chi connectivity index (χ3n) is 6.51. The van der Waals surface area contributed by atoms with Crippen LogP contribution in [0, 0.1) is 0 Å². The highest BCUT2D eigenvalue weighted by molar-refractivity contribution is 7.22. The molecule has 0 spiro atoms. The fourth-order valence-electron chi connectivity index (χ4n) is 4.63. The lowest BCUT2D eigenvalue weighted by molar-refractivity contribution is 0.183. The minimum absolute atomic E-state index is 0.137. The number of piperidine rings is 1. The lowest BCUT2D eigenvalue weighted by atomic mass is 10.1. The molecule has 0 aliphatic carbocycles. The largest absolute Gasteiger partial charge is 0.497 e. The lowest BCUT2D eigenvalue weighted by Gasteiger charge is -2.26. The van der Waals surface area contributed by atoms with Crippen molar-refractivity contribution < 1.29 is 18.9 Å². The van der Waals surface area contributed by atoms with Gasteiger partial charge in [0, 0.05) is 16.6 Å². The molecule has 37 heavy (non-hydrogen) atoms. The maximum atomic E-state index is 6.51. The van der Waals surface area contributed by atoms with Gasteiger partial charge in [-0.2, -0.15) is 0 Å². The molecule has 5 nitrogen and oxygen atoms in total. The standard InChI is InChI=1S/C31H35NO4S/c1-22(2)35-25-9-7-23(8-10-25)31-30(28-16-15-27(33-3)21-29(28)37-31)36-26-13-11-24(12-14-26)34-20-19-32-17-5-4-6-18-32/h7-16,21-22H,4-6,17-20H2,1-3H3. The van der Waals surface area contributed by atoms with Gasteiger partial charge in [-0.3, -0.25) is 4.90 Å². The van der Waals surface area contributed by atoms with Crippen LogP contribution in [-0.4, -0.2) is 44.4 Å². The number of hydrogen-bond donors (Lipinski definition) is 0. The van der Waals surface area contributed by atoms with Crippen molar-refractivity contribution in [3.63, 3.8) is 0 Å². The molecule has 0 bridgehead atoms. The van der Waals surface area contributed by atoms with Gasteiger partial charge < -0.3 is 18.9 Å². The van der Waals surface area contributed by atoms with Crippen molar-refractivity contribution in [1.82, 2.24) is 4.90 Å². The summed E-state index contributed by atoms with van der Waals surface area (Å²) in [5, 5.41) is 1.06. The second-order valence-electron chi connectivity index (χ2n) is 9.64. The summed E-state index contributed by atoms with van der Waals surface area (Å²) >= 11 is 1.70. The summed E-state index contributed by atoms with van der Waals surface area (Å²) in [5.41, 5.74) is 1.09. The van der Waals surface area contributed by atoms with Gasteiger partial charge >= 0.3 is 0 Å². The van der Waals surface area contributed by atoms with Crippen LogP contribution in [0.3, 0.4) is 0 Å². The summed E-state index contributed by atoms with van der Waals surface area (Å²) in [6.45, 7) is 8.12. The van der Waals surface area contributed by atoms with Gasteiger partial charge in [0.2, 0.25) is 0 Å². The van der Waals surface area contributed by atoms with E-state index in [1.165, 1.54) is 32.4 Å². The molecule has 0 unspecified atom stereocenters. The molecule has 2 heterocycles. The van der Waals surface area contributed by atoms with Gasteiger partial charge in [0.05, 0.1) is 18.1 Å². The number of ether oxygens (including phenoxy) is 4. The monoisotopic (exact) mass is 517 g/mol. The van der Waals surface area contributed by atoms with E-state index in [0.717, 1.165) is 55.8 Å². The Bertz CT molecular complexity index is 1290. The van der Waals surface area contributed by atoms with Crippen LogP contribution in [0.5, 0.6) is 28.7 Å². The number of methoxy groups -OCH3 is 1. The van der Waals surface area contributed by atoms with Crippen LogP contribution in [0.25, 0.3) is 20.5 Å². The first kappa shape index (κ1) is 25.4. The average Bonchev–Trinajstić information content (AvgIpc) is 3.27. The predicted molar refractivity (Wildman–Crippen MR) is 152 cm³/mol. The Morgan fingerprint density at radius 2 is 1.49 bits per heavy atom. The molecule has 0 amide bonds. The van der Waals surface area contributed by atoms with Gasteiger partial charge in [-0.1, -0.05) is 6.42 Å². The Morgan fingerprint density at radius 3 is 2.19 bits per heavy atom. The molecule has 5 rings (SSSR count). The van der Waals surface area contributed by atoms with E-state index in [1.54, 1.807) is 18.4 Å². The van der Waals surface area contributed by atoms with E-state index in [4.69, 9.17) is 18.9 Å².